The molecule has 1 aromatic heterocycles. The van der Waals surface area contributed by atoms with Gasteiger partial charge in [0.1, 0.15) is 5.69 Å². The summed E-state index contributed by atoms with van der Waals surface area (Å²) in [6, 6.07) is 3.74. The van der Waals surface area contributed by atoms with E-state index in [2.05, 4.69) is 16.5 Å². The molecule has 3 rings (SSSR count). The Balaban J connectivity index is 1.76. The van der Waals surface area contributed by atoms with Crippen molar-refractivity contribution in [2.75, 3.05) is 26.2 Å². The highest BCUT2D eigenvalue weighted by Crippen LogP contribution is 2.37. The molecule has 1 N–H and O–H groups in total. The molecule has 0 aliphatic carbocycles. The SMILES string of the molecule is C=CCN1CCCC12CCCN(C(=O)c1ccc[nH]1)C2. The lowest BCUT2D eigenvalue weighted by Gasteiger charge is -2.45. The Bertz CT molecular complexity index is 482. The van der Waals surface area contributed by atoms with Gasteiger partial charge in [0.2, 0.25) is 0 Å². The molecule has 1 aromatic rings. The number of likely N-dealkylation sites (tertiary alicyclic amines) is 2. The number of aromatic amines is 1. The summed E-state index contributed by atoms with van der Waals surface area (Å²) in [6.45, 7) is 7.68. The van der Waals surface area contributed by atoms with Gasteiger partial charge in [-0.3, -0.25) is 9.69 Å². The van der Waals surface area contributed by atoms with E-state index >= 15 is 0 Å². The van der Waals surface area contributed by atoms with Crippen LogP contribution in [-0.2, 0) is 0 Å². The first-order valence-corrected chi connectivity index (χ1v) is 7.54. The lowest BCUT2D eigenvalue weighted by atomic mass is 9.86. The summed E-state index contributed by atoms with van der Waals surface area (Å²) in [7, 11) is 0. The normalized spacial score (nSPS) is 27.1. The van der Waals surface area contributed by atoms with E-state index in [1.165, 1.54) is 19.3 Å². The largest absolute Gasteiger partial charge is 0.357 e. The summed E-state index contributed by atoms with van der Waals surface area (Å²) >= 11 is 0. The second kappa shape index (κ2) is 5.44. The molecule has 1 atom stereocenters. The first-order valence-electron chi connectivity index (χ1n) is 7.54. The average Bonchev–Trinajstić information content (AvgIpc) is 3.10. The summed E-state index contributed by atoms with van der Waals surface area (Å²) < 4.78 is 0. The Morgan fingerprint density at radius 1 is 1.40 bits per heavy atom. The predicted octanol–water partition coefficient (Wildman–Crippen LogP) is 2.27. The summed E-state index contributed by atoms with van der Waals surface area (Å²) in [5.74, 6) is 0.138. The first kappa shape index (κ1) is 13.4. The molecular formula is C16H23N3O. The van der Waals surface area contributed by atoms with Gasteiger partial charge in [0.15, 0.2) is 0 Å². The number of rotatable bonds is 3. The van der Waals surface area contributed by atoms with Crippen molar-refractivity contribution in [2.45, 2.75) is 31.2 Å². The quantitative estimate of drug-likeness (QED) is 0.858. The fourth-order valence-electron chi connectivity index (χ4n) is 3.82. The van der Waals surface area contributed by atoms with Gasteiger partial charge in [-0.1, -0.05) is 6.08 Å². The topological polar surface area (TPSA) is 39.3 Å². The van der Waals surface area contributed by atoms with Crippen molar-refractivity contribution in [3.63, 3.8) is 0 Å². The highest BCUT2D eigenvalue weighted by molar-refractivity contribution is 5.92. The third-order valence-corrected chi connectivity index (χ3v) is 4.76. The third kappa shape index (κ3) is 2.29. The van der Waals surface area contributed by atoms with Crippen LogP contribution in [0.15, 0.2) is 31.0 Å². The highest BCUT2D eigenvalue weighted by atomic mass is 16.2. The van der Waals surface area contributed by atoms with Crippen LogP contribution in [-0.4, -0.2) is 52.4 Å². The third-order valence-electron chi connectivity index (χ3n) is 4.76. The van der Waals surface area contributed by atoms with Gasteiger partial charge in [0, 0.05) is 31.4 Å². The van der Waals surface area contributed by atoms with E-state index in [4.69, 9.17) is 0 Å². The molecule has 0 bridgehead atoms. The average molecular weight is 273 g/mol. The van der Waals surface area contributed by atoms with E-state index in [9.17, 15) is 4.79 Å². The molecule has 1 unspecified atom stereocenters. The molecule has 2 fully saturated rings. The van der Waals surface area contributed by atoms with Crippen LogP contribution >= 0.6 is 0 Å². The van der Waals surface area contributed by atoms with E-state index < -0.39 is 0 Å². The minimum absolute atomic E-state index is 0.138. The van der Waals surface area contributed by atoms with Crippen LogP contribution in [0.3, 0.4) is 0 Å². The van der Waals surface area contributed by atoms with Crippen molar-refractivity contribution in [1.82, 2.24) is 14.8 Å². The van der Waals surface area contributed by atoms with Gasteiger partial charge in [0.25, 0.3) is 5.91 Å². The van der Waals surface area contributed by atoms with Crippen molar-refractivity contribution < 1.29 is 4.79 Å². The van der Waals surface area contributed by atoms with Crippen LogP contribution in [0.1, 0.15) is 36.2 Å². The van der Waals surface area contributed by atoms with Crippen molar-refractivity contribution in [1.29, 1.82) is 0 Å². The lowest BCUT2D eigenvalue weighted by molar-refractivity contribution is 0.0363. The molecule has 1 spiro atoms. The molecule has 4 nitrogen and oxygen atoms in total. The number of amides is 1. The predicted molar refractivity (Wildman–Crippen MR) is 79.7 cm³/mol. The molecule has 4 heteroatoms. The molecule has 2 aliphatic heterocycles. The zero-order valence-corrected chi connectivity index (χ0v) is 12.0. The molecule has 0 radical (unpaired) electrons. The van der Waals surface area contributed by atoms with E-state index in [0.717, 1.165) is 32.6 Å². The Morgan fingerprint density at radius 3 is 2.90 bits per heavy atom. The minimum Gasteiger partial charge on any atom is -0.357 e. The molecule has 108 valence electrons. The summed E-state index contributed by atoms with van der Waals surface area (Å²) in [5.41, 5.74) is 0.893. The monoisotopic (exact) mass is 273 g/mol. The molecular weight excluding hydrogens is 250 g/mol. The fourth-order valence-corrected chi connectivity index (χ4v) is 3.82. The van der Waals surface area contributed by atoms with Crippen LogP contribution in [0.4, 0.5) is 0 Å². The van der Waals surface area contributed by atoms with E-state index in [1.807, 2.05) is 29.3 Å². The number of nitrogens with zero attached hydrogens (tertiary/aromatic N) is 2. The second-order valence-corrected chi connectivity index (χ2v) is 5.98. The van der Waals surface area contributed by atoms with Gasteiger partial charge in [-0.25, -0.2) is 0 Å². The van der Waals surface area contributed by atoms with Crippen LogP contribution in [0.25, 0.3) is 0 Å². The number of carbonyl (C=O) groups is 1. The summed E-state index contributed by atoms with van der Waals surface area (Å²) in [4.78, 5) is 20.1. The van der Waals surface area contributed by atoms with E-state index in [-0.39, 0.29) is 11.4 Å². The van der Waals surface area contributed by atoms with Gasteiger partial charge in [-0.05, 0) is 44.4 Å². The molecule has 20 heavy (non-hydrogen) atoms. The first-order chi connectivity index (χ1) is 9.75. The van der Waals surface area contributed by atoms with E-state index in [1.54, 1.807) is 0 Å². The van der Waals surface area contributed by atoms with Gasteiger partial charge < -0.3 is 9.88 Å². The minimum atomic E-state index is 0.138. The Kier molecular flexibility index (Phi) is 3.66. The van der Waals surface area contributed by atoms with Gasteiger partial charge in [-0.2, -0.15) is 0 Å². The number of aromatic nitrogens is 1. The molecule has 0 saturated carbocycles. The summed E-state index contributed by atoms with van der Waals surface area (Å²) in [5, 5.41) is 0. The summed E-state index contributed by atoms with van der Waals surface area (Å²) in [6.07, 6.45) is 8.54. The maximum absolute atomic E-state index is 12.5. The van der Waals surface area contributed by atoms with Crippen LogP contribution < -0.4 is 0 Å². The van der Waals surface area contributed by atoms with Gasteiger partial charge >= 0.3 is 0 Å². The van der Waals surface area contributed by atoms with E-state index in [0.29, 0.717) is 5.69 Å². The number of piperidine rings is 1. The van der Waals surface area contributed by atoms with Crippen molar-refractivity contribution in [2.24, 2.45) is 0 Å². The Morgan fingerprint density at radius 2 is 2.20 bits per heavy atom. The maximum Gasteiger partial charge on any atom is 0.270 e. The number of hydrogen-bond acceptors (Lipinski definition) is 2. The lowest BCUT2D eigenvalue weighted by Crippen LogP contribution is -2.56. The molecule has 1 amide bonds. The number of nitrogens with one attached hydrogen (secondary N) is 1. The number of H-pyrrole nitrogens is 1. The highest BCUT2D eigenvalue weighted by Gasteiger charge is 2.44. The smallest absolute Gasteiger partial charge is 0.270 e. The van der Waals surface area contributed by atoms with Gasteiger partial charge in [-0.15, -0.1) is 6.58 Å². The van der Waals surface area contributed by atoms with Crippen LogP contribution in [0.5, 0.6) is 0 Å². The van der Waals surface area contributed by atoms with Crippen LogP contribution in [0.2, 0.25) is 0 Å². The fraction of sp³-hybridized carbons (Fsp3) is 0.562. The molecule has 2 saturated heterocycles. The Labute approximate surface area is 120 Å². The van der Waals surface area contributed by atoms with Crippen molar-refractivity contribution in [3.8, 4) is 0 Å². The Hall–Kier alpha value is -1.55. The maximum atomic E-state index is 12.5. The van der Waals surface area contributed by atoms with Crippen LogP contribution in [0, 0.1) is 0 Å². The second-order valence-electron chi connectivity index (χ2n) is 5.98. The zero-order valence-electron chi connectivity index (χ0n) is 12.0. The van der Waals surface area contributed by atoms with Gasteiger partial charge in [0.05, 0.1) is 0 Å². The number of hydrogen-bond donors (Lipinski definition) is 1. The molecule has 0 aromatic carbocycles. The van der Waals surface area contributed by atoms with Crippen molar-refractivity contribution >= 4 is 5.91 Å². The number of carbonyl (C=O) groups excluding carboxylic acids is 1. The molecule has 3 heterocycles. The zero-order chi connectivity index (χ0) is 14.0. The standard InChI is InChI=1S/C16H23N3O/c1-2-10-19-12-5-8-16(19)7-4-11-18(13-16)15(20)14-6-3-9-17-14/h2-3,6,9,17H,1,4-5,7-8,10-13H2. The van der Waals surface area contributed by atoms with Crippen molar-refractivity contribution in [3.05, 3.63) is 36.7 Å². The molecule has 2 aliphatic rings.